The van der Waals surface area contributed by atoms with E-state index in [1.54, 1.807) is 26.4 Å². The van der Waals surface area contributed by atoms with E-state index in [-0.39, 0.29) is 5.75 Å². The predicted molar refractivity (Wildman–Crippen MR) is 98.6 cm³/mol. The van der Waals surface area contributed by atoms with Crippen LogP contribution in [0.1, 0.15) is 16.7 Å². The number of allylic oxidation sites excluding steroid dienone is 1. The van der Waals surface area contributed by atoms with Gasteiger partial charge in [-0.25, -0.2) is 0 Å². The third kappa shape index (κ3) is 4.67. The second kappa shape index (κ2) is 8.99. The molecular weight excluding hydrogens is 318 g/mol. The predicted octanol–water partition coefficient (Wildman–Crippen LogP) is 3.44. The van der Waals surface area contributed by atoms with E-state index in [1.165, 1.54) is 7.11 Å². The zero-order valence-corrected chi connectivity index (χ0v) is 15.0. The molecule has 0 atom stereocenters. The maximum Gasteiger partial charge on any atom is 0.164 e. The van der Waals surface area contributed by atoms with E-state index in [4.69, 9.17) is 14.2 Å². The highest BCUT2D eigenvalue weighted by Crippen LogP contribution is 2.33. The molecule has 5 nitrogen and oxygen atoms in total. The Labute approximate surface area is 148 Å². The molecule has 0 heterocycles. The van der Waals surface area contributed by atoms with Crippen LogP contribution in [-0.2, 0) is 19.5 Å². The van der Waals surface area contributed by atoms with Gasteiger partial charge in [0.25, 0.3) is 0 Å². The van der Waals surface area contributed by atoms with Crippen molar-refractivity contribution >= 4 is 0 Å². The molecule has 0 saturated heterocycles. The lowest BCUT2D eigenvalue weighted by Gasteiger charge is -2.15. The summed E-state index contributed by atoms with van der Waals surface area (Å²) in [6.07, 6.45) is 2.55. The lowest BCUT2D eigenvalue weighted by Crippen LogP contribution is -2.13. The Morgan fingerprint density at radius 2 is 1.68 bits per heavy atom. The Hall–Kier alpha value is -2.66. The molecule has 134 valence electrons. The third-order valence-electron chi connectivity index (χ3n) is 3.88. The lowest BCUT2D eigenvalue weighted by atomic mass is 10.1. The van der Waals surface area contributed by atoms with Gasteiger partial charge in [-0.3, -0.25) is 0 Å². The van der Waals surface area contributed by atoms with Gasteiger partial charge < -0.3 is 24.6 Å². The van der Waals surface area contributed by atoms with Crippen LogP contribution < -0.4 is 19.5 Å². The van der Waals surface area contributed by atoms with E-state index in [9.17, 15) is 5.11 Å². The molecule has 0 aliphatic heterocycles. The van der Waals surface area contributed by atoms with Crippen molar-refractivity contribution in [3.63, 3.8) is 0 Å². The zero-order chi connectivity index (χ0) is 18.2. The first kappa shape index (κ1) is 18.7. The minimum absolute atomic E-state index is 0.140. The highest BCUT2D eigenvalue weighted by atomic mass is 16.5. The fourth-order valence-corrected chi connectivity index (χ4v) is 2.71. The summed E-state index contributed by atoms with van der Waals surface area (Å²) in [6, 6.07) is 9.42. The number of hydrogen-bond donors (Lipinski definition) is 2. The number of hydrogen-bond acceptors (Lipinski definition) is 5. The molecule has 25 heavy (non-hydrogen) atoms. The zero-order valence-electron chi connectivity index (χ0n) is 15.0. The number of methoxy groups -OCH3 is 3. The van der Waals surface area contributed by atoms with Crippen LogP contribution in [0.5, 0.6) is 23.0 Å². The fourth-order valence-electron chi connectivity index (χ4n) is 2.71. The number of ether oxygens (including phenoxy) is 3. The van der Waals surface area contributed by atoms with E-state index in [0.717, 1.165) is 22.4 Å². The molecule has 0 bridgehead atoms. The lowest BCUT2D eigenvalue weighted by molar-refractivity contribution is 0.351. The molecule has 0 aliphatic rings. The number of phenolic OH excluding ortho intramolecular Hbond substituents is 1. The Morgan fingerprint density at radius 3 is 2.28 bits per heavy atom. The first-order valence-electron chi connectivity index (χ1n) is 8.04. The Bertz CT molecular complexity index is 728. The molecule has 0 saturated carbocycles. The van der Waals surface area contributed by atoms with E-state index < -0.39 is 0 Å². The summed E-state index contributed by atoms with van der Waals surface area (Å²) in [5.41, 5.74) is 3.10. The first-order valence-corrected chi connectivity index (χ1v) is 8.04. The molecule has 0 unspecified atom stereocenters. The van der Waals surface area contributed by atoms with Crippen LogP contribution >= 0.6 is 0 Å². The van der Waals surface area contributed by atoms with Crippen LogP contribution in [-0.4, -0.2) is 26.4 Å². The summed E-state index contributed by atoms with van der Waals surface area (Å²) >= 11 is 0. The topological polar surface area (TPSA) is 60.0 Å². The van der Waals surface area contributed by atoms with Gasteiger partial charge in [0, 0.05) is 18.7 Å². The molecule has 0 spiro atoms. The molecule has 2 aromatic carbocycles. The van der Waals surface area contributed by atoms with E-state index in [1.807, 2.05) is 18.2 Å². The molecule has 2 aromatic rings. The van der Waals surface area contributed by atoms with Crippen molar-refractivity contribution in [1.82, 2.24) is 5.32 Å². The monoisotopic (exact) mass is 343 g/mol. The van der Waals surface area contributed by atoms with Crippen molar-refractivity contribution in [2.75, 3.05) is 21.3 Å². The second-order valence-corrected chi connectivity index (χ2v) is 5.59. The third-order valence-corrected chi connectivity index (χ3v) is 3.88. The van der Waals surface area contributed by atoms with Crippen LogP contribution in [0.25, 0.3) is 0 Å². The number of aromatic hydroxyl groups is 1. The van der Waals surface area contributed by atoms with Gasteiger partial charge in [0.2, 0.25) is 0 Å². The molecular formula is C20H25NO4. The normalized spacial score (nSPS) is 10.4. The maximum atomic E-state index is 9.84. The first-order chi connectivity index (χ1) is 12.1. The quantitative estimate of drug-likeness (QED) is 0.683. The maximum absolute atomic E-state index is 9.84. The van der Waals surface area contributed by atoms with Gasteiger partial charge in [-0.2, -0.15) is 0 Å². The summed E-state index contributed by atoms with van der Waals surface area (Å²) in [5.74, 6) is 2.06. The van der Waals surface area contributed by atoms with Crippen LogP contribution in [0.4, 0.5) is 0 Å². The highest BCUT2D eigenvalue weighted by molar-refractivity contribution is 5.50. The average Bonchev–Trinajstić information content (AvgIpc) is 2.61. The summed E-state index contributed by atoms with van der Waals surface area (Å²) in [7, 11) is 4.80. The fraction of sp³-hybridized carbons (Fsp3) is 0.300. The summed E-state index contributed by atoms with van der Waals surface area (Å²) < 4.78 is 15.9. The number of phenols is 1. The van der Waals surface area contributed by atoms with Gasteiger partial charge >= 0.3 is 0 Å². The molecule has 0 fully saturated rings. The molecule has 2 N–H and O–H groups in total. The smallest absolute Gasteiger partial charge is 0.164 e. The Balaban J connectivity index is 2.08. The van der Waals surface area contributed by atoms with Crippen molar-refractivity contribution in [3.8, 4) is 23.0 Å². The van der Waals surface area contributed by atoms with Gasteiger partial charge in [0.05, 0.1) is 21.3 Å². The van der Waals surface area contributed by atoms with E-state index in [0.29, 0.717) is 31.0 Å². The minimum Gasteiger partial charge on any atom is -0.504 e. The average molecular weight is 343 g/mol. The summed E-state index contributed by atoms with van der Waals surface area (Å²) in [6.45, 7) is 5.09. The van der Waals surface area contributed by atoms with Crippen molar-refractivity contribution in [1.29, 1.82) is 0 Å². The highest BCUT2D eigenvalue weighted by Gasteiger charge is 2.11. The number of benzene rings is 2. The van der Waals surface area contributed by atoms with Crippen LogP contribution in [0.2, 0.25) is 0 Å². The van der Waals surface area contributed by atoms with E-state index in [2.05, 4.69) is 18.0 Å². The number of rotatable bonds is 9. The van der Waals surface area contributed by atoms with Gasteiger partial charge in [0.15, 0.2) is 23.0 Å². The summed E-state index contributed by atoms with van der Waals surface area (Å²) in [5, 5.41) is 13.2. The van der Waals surface area contributed by atoms with Crippen molar-refractivity contribution in [2.24, 2.45) is 0 Å². The van der Waals surface area contributed by atoms with Crippen molar-refractivity contribution in [3.05, 3.63) is 59.7 Å². The van der Waals surface area contributed by atoms with Gasteiger partial charge in [-0.15, -0.1) is 6.58 Å². The van der Waals surface area contributed by atoms with E-state index >= 15 is 0 Å². The second-order valence-electron chi connectivity index (χ2n) is 5.59. The van der Waals surface area contributed by atoms with Crippen LogP contribution in [0.3, 0.4) is 0 Å². The standard InChI is InChI=1S/C20H25NO4/c1-5-6-16-9-15(11-19(24-3)20(16)25-4)13-21-12-14-7-8-18(23-2)17(22)10-14/h5,7-11,21-22H,1,6,12-13H2,2-4H3. The molecule has 0 aliphatic carbocycles. The van der Waals surface area contributed by atoms with Gasteiger partial charge in [-0.05, 0) is 35.7 Å². The van der Waals surface area contributed by atoms with Crippen LogP contribution in [0.15, 0.2) is 43.0 Å². The molecule has 5 heteroatoms. The van der Waals surface area contributed by atoms with Gasteiger partial charge in [0.1, 0.15) is 0 Å². The Morgan fingerprint density at radius 1 is 0.960 bits per heavy atom. The number of nitrogens with one attached hydrogen (secondary N) is 1. The molecule has 0 aromatic heterocycles. The van der Waals surface area contributed by atoms with Crippen molar-refractivity contribution < 1.29 is 19.3 Å². The van der Waals surface area contributed by atoms with Gasteiger partial charge in [-0.1, -0.05) is 18.2 Å². The molecule has 0 amide bonds. The van der Waals surface area contributed by atoms with Crippen LogP contribution in [0, 0.1) is 0 Å². The molecule has 0 radical (unpaired) electrons. The summed E-state index contributed by atoms with van der Waals surface area (Å²) in [4.78, 5) is 0. The molecule has 2 rings (SSSR count). The minimum atomic E-state index is 0.140. The SMILES string of the molecule is C=CCc1cc(CNCc2ccc(OC)c(O)c2)cc(OC)c1OC. The largest absolute Gasteiger partial charge is 0.504 e. The van der Waals surface area contributed by atoms with Crippen molar-refractivity contribution in [2.45, 2.75) is 19.5 Å². The Kier molecular flexibility index (Phi) is 6.71.